The zero-order valence-electron chi connectivity index (χ0n) is 12.6. The van der Waals surface area contributed by atoms with Gasteiger partial charge >= 0.3 is 0 Å². The number of hydrogen-bond donors (Lipinski definition) is 1. The zero-order chi connectivity index (χ0) is 14.5. The first kappa shape index (κ1) is 15.0. The summed E-state index contributed by atoms with van der Waals surface area (Å²) in [6.07, 6.45) is 0.0904. The average Bonchev–Trinajstić information content (AvgIpc) is 2.47. The van der Waals surface area contributed by atoms with E-state index in [4.69, 9.17) is 4.74 Å². The summed E-state index contributed by atoms with van der Waals surface area (Å²) in [5.41, 5.74) is 2.02. The van der Waals surface area contributed by atoms with E-state index in [2.05, 4.69) is 19.2 Å². The lowest BCUT2D eigenvalue weighted by atomic mass is 10.0. The summed E-state index contributed by atoms with van der Waals surface area (Å²) in [6.45, 7) is 7.02. The third kappa shape index (κ3) is 3.58. The molecule has 1 fully saturated rings. The Balaban J connectivity index is 2.02. The number of hydrogen-bond acceptors (Lipinski definition) is 3. The Morgan fingerprint density at radius 3 is 2.70 bits per heavy atom. The van der Waals surface area contributed by atoms with Crippen LogP contribution in [0.3, 0.4) is 0 Å². The van der Waals surface area contributed by atoms with Crippen molar-refractivity contribution in [1.29, 1.82) is 0 Å². The molecule has 0 spiro atoms. The van der Waals surface area contributed by atoms with Gasteiger partial charge in [0.15, 0.2) is 0 Å². The average molecular weight is 276 g/mol. The van der Waals surface area contributed by atoms with Crippen LogP contribution in [0.4, 0.5) is 0 Å². The number of nitrogens with zero attached hydrogens (tertiary/aromatic N) is 1. The molecule has 20 heavy (non-hydrogen) atoms. The first-order valence-electron chi connectivity index (χ1n) is 7.27. The number of carbonyl (C=O) groups is 1. The molecule has 0 aromatic heterocycles. The highest BCUT2D eigenvalue weighted by Gasteiger charge is 2.24. The highest BCUT2D eigenvalue weighted by atomic mass is 16.5. The van der Waals surface area contributed by atoms with Crippen LogP contribution in [0.25, 0.3) is 0 Å². The second kappa shape index (κ2) is 6.86. The zero-order valence-corrected chi connectivity index (χ0v) is 12.6. The van der Waals surface area contributed by atoms with Gasteiger partial charge in [-0.1, -0.05) is 26.0 Å². The maximum Gasteiger partial charge on any atom is 0.254 e. The molecule has 0 bridgehead atoms. The normalized spacial score (nSPS) is 19.4. The molecule has 2 rings (SSSR count). The summed E-state index contributed by atoms with van der Waals surface area (Å²) in [6, 6.07) is 7.95. The number of benzene rings is 1. The molecule has 1 aromatic carbocycles. The predicted octanol–water partition coefficient (Wildman–Crippen LogP) is 1.87. The van der Waals surface area contributed by atoms with Crippen molar-refractivity contribution in [2.75, 3.05) is 33.3 Å². The molecule has 0 radical (unpaired) electrons. The van der Waals surface area contributed by atoms with Crippen molar-refractivity contribution in [1.82, 2.24) is 10.2 Å². The van der Waals surface area contributed by atoms with E-state index in [0.717, 1.165) is 12.1 Å². The molecule has 110 valence electrons. The van der Waals surface area contributed by atoms with Crippen LogP contribution >= 0.6 is 0 Å². The van der Waals surface area contributed by atoms with Gasteiger partial charge in [-0.3, -0.25) is 4.79 Å². The van der Waals surface area contributed by atoms with Gasteiger partial charge in [-0.2, -0.15) is 0 Å². The molecule has 1 saturated heterocycles. The number of carbonyl (C=O) groups excluding carboxylic acids is 1. The summed E-state index contributed by atoms with van der Waals surface area (Å²) in [7, 11) is 1.90. The summed E-state index contributed by atoms with van der Waals surface area (Å²) in [4.78, 5) is 14.4. The van der Waals surface area contributed by atoms with E-state index in [1.807, 2.05) is 36.2 Å². The van der Waals surface area contributed by atoms with Gasteiger partial charge in [0.05, 0.1) is 12.7 Å². The van der Waals surface area contributed by atoms with Gasteiger partial charge < -0.3 is 15.0 Å². The third-order valence-electron chi connectivity index (χ3n) is 3.68. The van der Waals surface area contributed by atoms with E-state index >= 15 is 0 Å². The molecule has 1 N–H and O–H groups in total. The maximum absolute atomic E-state index is 12.5. The second-order valence-corrected chi connectivity index (χ2v) is 5.58. The number of ether oxygens (including phenoxy) is 1. The van der Waals surface area contributed by atoms with Crippen molar-refractivity contribution >= 4 is 5.91 Å². The van der Waals surface area contributed by atoms with E-state index in [0.29, 0.717) is 25.6 Å². The smallest absolute Gasteiger partial charge is 0.254 e. The molecule has 1 heterocycles. The van der Waals surface area contributed by atoms with E-state index in [9.17, 15) is 4.79 Å². The summed E-state index contributed by atoms with van der Waals surface area (Å²) < 4.78 is 5.63. The van der Waals surface area contributed by atoms with Crippen molar-refractivity contribution < 1.29 is 9.53 Å². The van der Waals surface area contributed by atoms with Gasteiger partial charge in [0.2, 0.25) is 0 Å². The molecule has 4 nitrogen and oxygen atoms in total. The molecule has 1 amide bonds. The van der Waals surface area contributed by atoms with Crippen molar-refractivity contribution in [3.63, 3.8) is 0 Å². The Hall–Kier alpha value is -1.39. The van der Waals surface area contributed by atoms with Crippen LogP contribution in [0.5, 0.6) is 0 Å². The van der Waals surface area contributed by atoms with Gasteiger partial charge in [0, 0.05) is 25.2 Å². The second-order valence-electron chi connectivity index (χ2n) is 5.58. The molecule has 1 atom stereocenters. The van der Waals surface area contributed by atoms with Crippen LogP contribution in [0.15, 0.2) is 24.3 Å². The summed E-state index contributed by atoms with van der Waals surface area (Å²) in [5.74, 6) is 0.590. The Bertz CT molecular complexity index is 440. The van der Waals surface area contributed by atoms with Gasteiger partial charge in [-0.05, 0) is 30.7 Å². The molecular weight excluding hydrogens is 252 g/mol. The monoisotopic (exact) mass is 276 g/mol. The molecule has 1 aliphatic rings. The molecule has 4 heteroatoms. The quantitative estimate of drug-likeness (QED) is 0.913. The molecular formula is C16H24N2O2. The summed E-state index contributed by atoms with van der Waals surface area (Å²) >= 11 is 0. The topological polar surface area (TPSA) is 41.6 Å². The Morgan fingerprint density at radius 2 is 2.10 bits per heavy atom. The number of amides is 1. The Kier molecular flexibility index (Phi) is 5.15. The minimum Gasteiger partial charge on any atom is -0.373 e. The molecule has 1 aliphatic heterocycles. The number of rotatable bonds is 4. The molecule has 1 aromatic rings. The molecule has 0 saturated carbocycles. The van der Waals surface area contributed by atoms with Gasteiger partial charge in [0.25, 0.3) is 5.91 Å². The highest BCUT2D eigenvalue weighted by molar-refractivity contribution is 5.94. The van der Waals surface area contributed by atoms with Crippen molar-refractivity contribution in [2.45, 2.75) is 25.9 Å². The third-order valence-corrected chi connectivity index (χ3v) is 3.68. The van der Waals surface area contributed by atoms with Crippen molar-refractivity contribution in [3.05, 3.63) is 35.4 Å². The van der Waals surface area contributed by atoms with Crippen LogP contribution in [0, 0.1) is 0 Å². The number of nitrogens with one attached hydrogen (secondary N) is 1. The molecule has 0 aliphatic carbocycles. The van der Waals surface area contributed by atoms with Gasteiger partial charge in [-0.15, -0.1) is 0 Å². The highest BCUT2D eigenvalue weighted by Crippen LogP contribution is 2.16. The Morgan fingerprint density at radius 1 is 1.40 bits per heavy atom. The molecule has 1 unspecified atom stereocenters. The number of morpholine rings is 1. The number of likely N-dealkylation sites (N-methyl/N-ethyl adjacent to an activating group) is 1. The fourth-order valence-electron chi connectivity index (χ4n) is 2.45. The maximum atomic E-state index is 12.5. The lowest BCUT2D eigenvalue weighted by Crippen LogP contribution is -2.48. The minimum absolute atomic E-state index is 0.0904. The van der Waals surface area contributed by atoms with Crippen LogP contribution in [0.1, 0.15) is 35.7 Å². The Labute approximate surface area is 121 Å². The van der Waals surface area contributed by atoms with Crippen molar-refractivity contribution in [3.8, 4) is 0 Å². The first-order valence-corrected chi connectivity index (χ1v) is 7.27. The standard InChI is InChI=1S/C16H24N2O2/c1-12(2)13-4-6-14(7-5-13)16(19)18-8-9-20-15(11-18)10-17-3/h4-7,12,15,17H,8-11H2,1-3H3. The first-order chi connectivity index (χ1) is 9.61. The van der Waals surface area contributed by atoms with Crippen LogP contribution in [-0.2, 0) is 4.74 Å². The fraction of sp³-hybridized carbons (Fsp3) is 0.562. The van der Waals surface area contributed by atoms with E-state index in [1.165, 1.54) is 5.56 Å². The van der Waals surface area contributed by atoms with E-state index in [-0.39, 0.29) is 12.0 Å². The van der Waals surface area contributed by atoms with E-state index < -0.39 is 0 Å². The fourth-order valence-corrected chi connectivity index (χ4v) is 2.45. The SMILES string of the molecule is CNCC1CN(C(=O)c2ccc(C(C)C)cc2)CCO1. The predicted molar refractivity (Wildman–Crippen MR) is 80.1 cm³/mol. The minimum atomic E-state index is 0.0904. The lowest BCUT2D eigenvalue weighted by Gasteiger charge is -2.33. The van der Waals surface area contributed by atoms with Crippen molar-refractivity contribution in [2.24, 2.45) is 0 Å². The summed E-state index contributed by atoms with van der Waals surface area (Å²) in [5, 5.41) is 3.09. The van der Waals surface area contributed by atoms with Crippen LogP contribution in [-0.4, -0.2) is 50.2 Å². The van der Waals surface area contributed by atoms with Gasteiger partial charge in [-0.25, -0.2) is 0 Å². The van der Waals surface area contributed by atoms with Gasteiger partial charge in [0.1, 0.15) is 0 Å². The lowest BCUT2D eigenvalue weighted by molar-refractivity contribution is -0.0196. The largest absolute Gasteiger partial charge is 0.373 e. The van der Waals surface area contributed by atoms with Crippen LogP contribution < -0.4 is 5.32 Å². The van der Waals surface area contributed by atoms with Crippen LogP contribution in [0.2, 0.25) is 0 Å². The van der Waals surface area contributed by atoms with E-state index in [1.54, 1.807) is 0 Å².